The van der Waals surface area contributed by atoms with Crippen LogP contribution in [0.1, 0.15) is 18.9 Å². The van der Waals surface area contributed by atoms with E-state index < -0.39 is 18.0 Å². The number of carbonyl (C=O) groups is 2. The molecule has 0 fully saturated rings. The van der Waals surface area contributed by atoms with Crippen LogP contribution in [0.25, 0.3) is 0 Å². The number of anilines is 1. The Morgan fingerprint density at radius 3 is 2.50 bits per heavy atom. The molecular formula is C19H19Cl2NO4. The molecule has 2 rings (SSSR count). The van der Waals surface area contributed by atoms with Crippen LogP contribution in [0.3, 0.4) is 0 Å². The van der Waals surface area contributed by atoms with E-state index in [2.05, 4.69) is 5.32 Å². The molecule has 1 N–H and O–H groups in total. The van der Waals surface area contributed by atoms with E-state index >= 15 is 0 Å². The van der Waals surface area contributed by atoms with Gasteiger partial charge >= 0.3 is 5.97 Å². The Morgan fingerprint density at radius 1 is 1.12 bits per heavy atom. The zero-order valence-corrected chi connectivity index (χ0v) is 15.9. The molecule has 0 bridgehead atoms. The van der Waals surface area contributed by atoms with Crippen LogP contribution in [0.2, 0.25) is 10.0 Å². The average molecular weight is 396 g/mol. The number of halogens is 2. The van der Waals surface area contributed by atoms with E-state index in [4.69, 9.17) is 32.7 Å². The first-order valence-corrected chi connectivity index (χ1v) is 8.75. The number of aryl methyl sites for hydroxylation is 1. The van der Waals surface area contributed by atoms with Crippen LogP contribution in [0.15, 0.2) is 42.5 Å². The van der Waals surface area contributed by atoms with E-state index in [1.165, 1.54) is 13.0 Å². The highest BCUT2D eigenvalue weighted by molar-refractivity contribution is 6.35. The van der Waals surface area contributed by atoms with Gasteiger partial charge in [-0.3, -0.25) is 9.59 Å². The summed E-state index contributed by atoms with van der Waals surface area (Å²) < 4.78 is 10.6. The zero-order chi connectivity index (χ0) is 19.1. The van der Waals surface area contributed by atoms with Gasteiger partial charge in [-0.05, 0) is 44.2 Å². The molecule has 0 saturated carbocycles. The van der Waals surface area contributed by atoms with E-state index in [0.29, 0.717) is 21.5 Å². The number of esters is 1. The second-order valence-corrected chi connectivity index (χ2v) is 6.50. The van der Waals surface area contributed by atoms with Crippen molar-refractivity contribution in [2.75, 3.05) is 11.9 Å². The van der Waals surface area contributed by atoms with Gasteiger partial charge in [0.25, 0.3) is 5.91 Å². The lowest BCUT2D eigenvalue weighted by Crippen LogP contribution is -2.30. The molecular weight excluding hydrogens is 377 g/mol. The fraction of sp³-hybridized carbons (Fsp3) is 0.263. The van der Waals surface area contributed by atoms with Gasteiger partial charge < -0.3 is 14.8 Å². The summed E-state index contributed by atoms with van der Waals surface area (Å²) in [6.07, 6.45) is -0.944. The Kier molecular flexibility index (Phi) is 7.30. The van der Waals surface area contributed by atoms with Crippen molar-refractivity contribution < 1.29 is 19.1 Å². The van der Waals surface area contributed by atoms with E-state index in [9.17, 15) is 9.59 Å². The maximum absolute atomic E-state index is 12.1. The molecule has 7 heteroatoms. The van der Waals surface area contributed by atoms with Crippen molar-refractivity contribution in [3.8, 4) is 5.75 Å². The van der Waals surface area contributed by atoms with Crippen LogP contribution in [0.5, 0.6) is 5.75 Å². The van der Waals surface area contributed by atoms with Gasteiger partial charge in [0, 0.05) is 5.02 Å². The summed E-state index contributed by atoms with van der Waals surface area (Å²) in [7, 11) is 0. The largest absolute Gasteiger partial charge is 0.493 e. The van der Waals surface area contributed by atoms with Gasteiger partial charge in [-0.15, -0.1) is 0 Å². The van der Waals surface area contributed by atoms with Crippen molar-refractivity contribution in [3.63, 3.8) is 0 Å². The summed E-state index contributed by atoms with van der Waals surface area (Å²) in [5.74, 6) is -0.358. The van der Waals surface area contributed by atoms with Gasteiger partial charge in [0.05, 0.1) is 23.7 Å². The molecule has 0 heterocycles. The highest BCUT2D eigenvalue weighted by Crippen LogP contribution is 2.25. The molecule has 0 aliphatic heterocycles. The molecule has 0 unspecified atom stereocenters. The van der Waals surface area contributed by atoms with Gasteiger partial charge in [0.1, 0.15) is 5.75 Å². The maximum atomic E-state index is 12.1. The lowest BCUT2D eigenvalue weighted by molar-refractivity contribution is -0.153. The first-order chi connectivity index (χ1) is 12.3. The molecule has 1 atom stereocenters. The Morgan fingerprint density at radius 2 is 1.81 bits per heavy atom. The number of ether oxygens (including phenoxy) is 2. The average Bonchev–Trinajstić information content (AvgIpc) is 2.59. The van der Waals surface area contributed by atoms with Crippen LogP contribution >= 0.6 is 23.2 Å². The monoisotopic (exact) mass is 395 g/mol. The highest BCUT2D eigenvalue weighted by atomic mass is 35.5. The molecule has 1 amide bonds. The van der Waals surface area contributed by atoms with Gasteiger partial charge in [0.15, 0.2) is 6.10 Å². The fourth-order valence-corrected chi connectivity index (χ4v) is 2.36. The van der Waals surface area contributed by atoms with Gasteiger partial charge in [-0.25, -0.2) is 0 Å². The first kappa shape index (κ1) is 20.1. The summed E-state index contributed by atoms with van der Waals surface area (Å²) in [6.45, 7) is 3.62. The predicted molar refractivity (Wildman–Crippen MR) is 102 cm³/mol. The molecule has 2 aromatic carbocycles. The van der Waals surface area contributed by atoms with E-state index in [1.54, 1.807) is 12.1 Å². The second kappa shape index (κ2) is 9.46. The minimum Gasteiger partial charge on any atom is -0.493 e. The lowest BCUT2D eigenvalue weighted by Gasteiger charge is -2.14. The number of hydrogen-bond donors (Lipinski definition) is 1. The van der Waals surface area contributed by atoms with Crippen LogP contribution in [-0.4, -0.2) is 24.6 Å². The van der Waals surface area contributed by atoms with Crippen molar-refractivity contribution in [2.24, 2.45) is 0 Å². The van der Waals surface area contributed by atoms with Crippen LogP contribution in [0.4, 0.5) is 5.69 Å². The maximum Gasteiger partial charge on any atom is 0.310 e. The number of nitrogens with one attached hydrogen (secondary N) is 1. The van der Waals surface area contributed by atoms with Gasteiger partial charge in [-0.1, -0.05) is 40.9 Å². The van der Waals surface area contributed by atoms with Gasteiger partial charge in [-0.2, -0.15) is 0 Å². The van der Waals surface area contributed by atoms with E-state index in [0.717, 1.165) is 5.56 Å². The lowest BCUT2D eigenvalue weighted by atomic mass is 10.2. The summed E-state index contributed by atoms with van der Waals surface area (Å²) in [6, 6.07) is 12.2. The Bertz CT molecular complexity index is 778. The number of hydrogen-bond acceptors (Lipinski definition) is 4. The molecule has 138 valence electrons. The van der Waals surface area contributed by atoms with Crippen LogP contribution in [0, 0.1) is 6.92 Å². The Labute approximate surface area is 162 Å². The second-order valence-electron chi connectivity index (χ2n) is 5.66. The highest BCUT2D eigenvalue weighted by Gasteiger charge is 2.19. The van der Waals surface area contributed by atoms with Crippen molar-refractivity contribution in [3.05, 3.63) is 58.1 Å². The fourth-order valence-electron chi connectivity index (χ4n) is 2.02. The Balaban J connectivity index is 1.77. The summed E-state index contributed by atoms with van der Waals surface area (Å²) >= 11 is 11.9. The van der Waals surface area contributed by atoms with Gasteiger partial charge in [0.2, 0.25) is 0 Å². The third-order valence-electron chi connectivity index (χ3n) is 3.46. The topological polar surface area (TPSA) is 64.6 Å². The van der Waals surface area contributed by atoms with Crippen LogP contribution in [-0.2, 0) is 14.3 Å². The van der Waals surface area contributed by atoms with Crippen molar-refractivity contribution in [2.45, 2.75) is 26.4 Å². The molecule has 2 aromatic rings. The predicted octanol–water partition coefficient (Wildman–Crippen LogP) is 4.64. The molecule has 26 heavy (non-hydrogen) atoms. The summed E-state index contributed by atoms with van der Waals surface area (Å²) in [4.78, 5) is 24.0. The van der Waals surface area contributed by atoms with E-state index in [-0.39, 0.29) is 13.0 Å². The smallest absolute Gasteiger partial charge is 0.310 e. The van der Waals surface area contributed by atoms with Crippen LogP contribution < -0.4 is 10.1 Å². The normalized spacial score (nSPS) is 11.5. The minimum absolute atomic E-state index is 0.0312. The number of amides is 1. The first-order valence-electron chi connectivity index (χ1n) is 8.00. The minimum atomic E-state index is -0.975. The molecule has 0 radical (unpaired) electrons. The third-order valence-corrected chi connectivity index (χ3v) is 4.02. The standard InChI is InChI=1S/C19H19Cl2NO4/c1-12-3-6-15(7-4-12)25-10-9-18(23)26-13(2)19(24)22-17-11-14(20)5-8-16(17)21/h3-8,11,13H,9-10H2,1-2H3,(H,22,24)/t13-/m1/s1. The number of benzene rings is 2. The Hall–Kier alpha value is -2.24. The van der Waals surface area contributed by atoms with E-state index in [1.807, 2.05) is 31.2 Å². The van der Waals surface area contributed by atoms with Crippen molar-refractivity contribution in [1.82, 2.24) is 0 Å². The van der Waals surface area contributed by atoms with Crippen molar-refractivity contribution in [1.29, 1.82) is 0 Å². The molecule has 0 aliphatic carbocycles. The summed E-state index contributed by atoms with van der Waals surface area (Å²) in [5, 5.41) is 3.35. The molecule has 0 saturated heterocycles. The number of carbonyl (C=O) groups excluding carboxylic acids is 2. The zero-order valence-electron chi connectivity index (χ0n) is 14.4. The molecule has 5 nitrogen and oxygen atoms in total. The molecule has 0 aliphatic rings. The number of rotatable bonds is 7. The molecule has 0 aromatic heterocycles. The quantitative estimate of drug-likeness (QED) is 0.693. The SMILES string of the molecule is Cc1ccc(OCCC(=O)O[C@H](C)C(=O)Nc2cc(Cl)ccc2Cl)cc1. The molecule has 0 spiro atoms. The van der Waals surface area contributed by atoms with Crippen molar-refractivity contribution >= 4 is 40.8 Å². The third kappa shape index (κ3) is 6.24. The summed E-state index contributed by atoms with van der Waals surface area (Å²) in [5.41, 5.74) is 1.48.